The molecule has 120 valence electrons. The average molecular weight is 302 g/mol. The number of carbonyl (C=O) groups excluding carboxylic acids is 1. The van der Waals surface area contributed by atoms with Crippen LogP contribution in [0.3, 0.4) is 0 Å². The highest BCUT2D eigenvalue weighted by Crippen LogP contribution is 2.20. The summed E-state index contributed by atoms with van der Waals surface area (Å²) < 4.78 is 2.00. The molecular formula is C18H26N2O2. The van der Waals surface area contributed by atoms with Gasteiger partial charge in [-0.1, -0.05) is 31.5 Å². The Morgan fingerprint density at radius 1 is 1.32 bits per heavy atom. The van der Waals surface area contributed by atoms with Gasteiger partial charge in [-0.2, -0.15) is 0 Å². The summed E-state index contributed by atoms with van der Waals surface area (Å²) in [7, 11) is 0. The molecule has 0 saturated carbocycles. The third-order valence-corrected chi connectivity index (χ3v) is 4.12. The van der Waals surface area contributed by atoms with Crippen LogP contribution in [-0.4, -0.2) is 28.7 Å². The smallest absolute Gasteiger partial charge is 0.239 e. The topological polar surface area (TPSA) is 54.3 Å². The Kier molecular flexibility index (Phi) is 6.01. The van der Waals surface area contributed by atoms with Crippen LogP contribution in [0.5, 0.6) is 0 Å². The molecule has 4 nitrogen and oxygen atoms in total. The monoisotopic (exact) mass is 302 g/mol. The number of amides is 1. The summed E-state index contributed by atoms with van der Waals surface area (Å²) in [5.41, 5.74) is 2.28. The minimum absolute atomic E-state index is 0.0276. The molecule has 22 heavy (non-hydrogen) atoms. The molecule has 1 aromatic heterocycles. The average Bonchev–Trinajstić information content (AvgIpc) is 2.82. The van der Waals surface area contributed by atoms with Crippen molar-refractivity contribution in [2.24, 2.45) is 5.92 Å². The second-order valence-electron chi connectivity index (χ2n) is 5.93. The number of nitrogens with one attached hydrogen (secondary N) is 1. The van der Waals surface area contributed by atoms with Crippen molar-refractivity contribution in [2.45, 2.75) is 39.7 Å². The fraction of sp³-hybridized carbons (Fsp3) is 0.500. The fourth-order valence-corrected chi connectivity index (χ4v) is 2.97. The molecule has 4 heteroatoms. The maximum absolute atomic E-state index is 12.2. The van der Waals surface area contributed by atoms with Gasteiger partial charge in [0.05, 0.1) is 0 Å². The number of nitrogens with zero attached hydrogens (tertiary/aromatic N) is 1. The molecule has 1 aromatic carbocycles. The van der Waals surface area contributed by atoms with Gasteiger partial charge < -0.3 is 15.0 Å². The van der Waals surface area contributed by atoms with Crippen molar-refractivity contribution in [3.63, 3.8) is 0 Å². The molecule has 0 aliphatic rings. The lowest BCUT2D eigenvalue weighted by atomic mass is 10.0. The van der Waals surface area contributed by atoms with Crippen molar-refractivity contribution in [1.82, 2.24) is 9.88 Å². The number of aryl methyl sites for hydroxylation is 1. The van der Waals surface area contributed by atoms with Gasteiger partial charge in [-0.3, -0.25) is 4.79 Å². The number of hydrogen-bond acceptors (Lipinski definition) is 2. The first-order chi connectivity index (χ1) is 10.7. The molecule has 1 amide bonds. The lowest BCUT2D eigenvalue weighted by Gasteiger charge is -2.16. The van der Waals surface area contributed by atoms with E-state index in [0.29, 0.717) is 19.0 Å². The number of fused-ring (bicyclic) bond motifs is 1. The van der Waals surface area contributed by atoms with Crippen LogP contribution >= 0.6 is 0 Å². The molecule has 0 aliphatic carbocycles. The zero-order chi connectivity index (χ0) is 15.9. The van der Waals surface area contributed by atoms with Gasteiger partial charge >= 0.3 is 0 Å². The molecule has 1 atom stereocenters. The number of aromatic nitrogens is 1. The molecule has 1 heterocycles. The molecule has 0 radical (unpaired) electrons. The number of rotatable bonds is 8. The highest BCUT2D eigenvalue weighted by atomic mass is 16.3. The van der Waals surface area contributed by atoms with Crippen LogP contribution in [-0.2, 0) is 11.3 Å². The summed E-state index contributed by atoms with van der Waals surface area (Å²) in [6, 6.07) is 8.14. The summed E-state index contributed by atoms with van der Waals surface area (Å²) in [4.78, 5) is 12.2. The van der Waals surface area contributed by atoms with E-state index in [0.717, 1.165) is 24.8 Å². The molecule has 2 N–H and O–H groups in total. The van der Waals surface area contributed by atoms with Crippen molar-refractivity contribution >= 4 is 16.8 Å². The van der Waals surface area contributed by atoms with Gasteiger partial charge in [0.25, 0.3) is 0 Å². The highest BCUT2D eigenvalue weighted by Gasteiger charge is 2.11. The predicted octanol–water partition coefficient (Wildman–Crippen LogP) is 2.86. The third-order valence-electron chi connectivity index (χ3n) is 4.12. The number of carbonyl (C=O) groups is 1. The fourth-order valence-electron chi connectivity index (χ4n) is 2.97. The summed E-state index contributed by atoms with van der Waals surface area (Å²) in [5.74, 6) is 0.391. The van der Waals surface area contributed by atoms with Crippen LogP contribution in [0.4, 0.5) is 0 Å². The first kappa shape index (κ1) is 16.6. The minimum atomic E-state index is 0.0276. The van der Waals surface area contributed by atoms with Gasteiger partial charge in [0.1, 0.15) is 6.54 Å². The maximum atomic E-state index is 12.2. The van der Waals surface area contributed by atoms with E-state index in [-0.39, 0.29) is 12.5 Å². The highest BCUT2D eigenvalue weighted by molar-refractivity contribution is 5.85. The third kappa shape index (κ3) is 4.10. The van der Waals surface area contributed by atoms with Crippen LogP contribution in [0.1, 0.15) is 31.7 Å². The molecule has 0 bridgehead atoms. The van der Waals surface area contributed by atoms with Crippen molar-refractivity contribution in [1.29, 1.82) is 0 Å². The zero-order valence-corrected chi connectivity index (χ0v) is 13.5. The van der Waals surface area contributed by atoms with Crippen LogP contribution in [0.25, 0.3) is 10.9 Å². The minimum Gasteiger partial charge on any atom is -0.396 e. The predicted molar refractivity (Wildman–Crippen MR) is 89.8 cm³/mol. The Bertz CT molecular complexity index is 613. The lowest BCUT2D eigenvalue weighted by molar-refractivity contribution is -0.121. The van der Waals surface area contributed by atoms with E-state index < -0.39 is 0 Å². The Morgan fingerprint density at radius 3 is 2.82 bits per heavy atom. The van der Waals surface area contributed by atoms with E-state index in [1.165, 1.54) is 10.9 Å². The quantitative estimate of drug-likeness (QED) is 0.788. The van der Waals surface area contributed by atoms with Gasteiger partial charge in [-0.15, -0.1) is 0 Å². The Morgan fingerprint density at radius 2 is 2.09 bits per heavy atom. The molecule has 2 rings (SSSR count). The summed E-state index contributed by atoms with van der Waals surface area (Å²) in [6.07, 6.45) is 4.88. The standard InChI is InChI=1S/C18H26N2O2/c1-3-6-15(9-10-21)11-19-18(22)13-20-12-14(2)16-7-4-5-8-17(16)20/h4-5,7-8,12,15,21H,3,6,9-11,13H2,1-2H3,(H,19,22). The van der Waals surface area contributed by atoms with Crippen LogP contribution in [0, 0.1) is 12.8 Å². The normalized spacial score (nSPS) is 12.5. The first-order valence-corrected chi connectivity index (χ1v) is 8.07. The Balaban J connectivity index is 1.96. The van der Waals surface area contributed by atoms with E-state index in [1.807, 2.05) is 29.0 Å². The van der Waals surface area contributed by atoms with Crippen molar-refractivity contribution in [3.8, 4) is 0 Å². The van der Waals surface area contributed by atoms with Gasteiger partial charge in [-0.25, -0.2) is 0 Å². The van der Waals surface area contributed by atoms with Crippen LogP contribution in [0.15, 0.2) is 30.5 Å². The molecule has 0 fully saturated rings. The van der Waals surface area contributed by atoms with Gasteiger partial charge in [0.15, 0.2) is 0 Å². The molecule has 0 aliphatic heterocycles. The molecule has 1 unspecified atom stereocenters. The lowest BCUT2D eigenvalue weighted by Crippen LogP contribution is -2.32. The number of benzene rings is 1. The second-order valence-corrected chi connectivity index (χ2v) is 5.93. The van der Waals surface area contributed by atoms with Crippen molar-refractivity contribution < 1.29 is 9.90 Å². The first-order valence-electron chi connectivity index (χ1n) is 8.07. The largest absolute Gasteiger partial charge is 0.396 e. The SMILES string of the molecule is CCCC(CCO)CNC(=O)Cn1cc(C)c2ccccc21. The molecule has 0 saturated heterocycles. The number of aliphatic hydroxyl groups excluding tert-OH is 1. The second kappa shape index (κ2) is 7.99. The van der Waals surface area contributed by atoms with E-state index in [1.54, 1.807) is 0 Å². The molecule has 2 aromatic rings. The summed E-state index contributed by atoms with van der Waals surface area (Å²) in [5, 5.41) is 13.3. The van der Waals surface area contributed by atoms with E-state index in [2.05, 4.69) is 25.2 Å². The zero-order valence-electron chi connectivity index (χ0n) is 13.5. The maximum Gasteiger partial charge on any atom is 0.239 e. The Labute approximate surface area is 132 Å². The van der Waals surface area contributed by atoms with Crippen molar-refractivity contribution in [3.05, 3.63) is 36.0 Å². The van der Waals surface area contributed by atoms with Gasteiger partial charge in [0, 0.05) is 30.3 Å². The van der Waals surface area contributed by atoms with E-state index >= 15 is 0 Å². The number of aliphatic hydroxyl groups is 1. The number of hydrogen-bond donors (Lipinski definition) is 2. The van der Waals surface area contributed by atoms with Crippen LogP contribution < -0.4 is 5.32 Å². The Hall–Kier alpha value is -1.81. The summed E-state index contributed by atoms with van der Waals surface area (Å²) in [6.45, 7) is 5.36. The molecule has 0 spiro atoms. The number of para-hydroxylation sites is 1. The van der Waals surface area contributed by atoms with Crippen LogP contribution in [0.2, 0.25) is 0 Å². The van der Waals surface area contributed by atoms with Gasteiger partial charge in [0.2, 0.25) is 5.91 Å². The van der Waals surface area contributed by atoms with E-state index in [4.69, 9.17) is 5.11 Å². The van der Waals surface area contributed by atoms with E-state index in [9.17, 15) is 4.79 Å². The molecular weight excluding hydrogens is 276 g/mol. The van der Waals surface area contributed by atoms with Crippen molar-refractivity contribution in [2.75, 3.05) is 13.2 Å². The summed E-state index contributed by atoms with van der Waals surface area (Å²) >= 11 is 0. The van der Waals surface area contributed by atoms with Gasteiger partial charge in [-0.05, 0) is 37.3 Å².